The molecule has 3 aromatic rings. The van der Waals surface area contributed by atoms with Crippen molar-refractivity contribution in [1.29, 1.82) is 0 Å². The van der Waals surface area contributed by atoms with Crippen LogP contribution in [0, 0.1) is 10.1 Å². The molecule has 0 aliphatic heterocycles. The van der Waals surface area contributed by atoms with E-state index in [9.17, 15) is 14.9 Å². The molecule has 27 heavy (non-hydrogen) atoms. The van der Waals surface area contributed by atoms with Crippen LogP contribution in [0.3, 0.4) is 0 Å². The molecule has 3 rings (SSSR count). The summed E-state index contributed by atoms with van der Waals surface area (Å²) in [5.41, 5.74) is 1.08. The van der Waals surface area contributed by atoms with Crippen LogP contribution in [-0.4, -0.2) is 36.3 Å². The Kier molecular flexibility index (Phi) is 5.77. The highest BCUT2D eigenvalue weighted by Gasteiger charge is 2.22. The highest BCUT2D eigenvalue weighted by atomic mass is 32.2. The zero-order valence-corrected chi connectivity index (χ0v) is 15.2. The second-order valence-corrected chi connectivity index (χ2v) is 6.69. The number of nitrogens with zero attached hydrogens (tertiary/aromatic N) is 5. The highest BCUT2D eigenvalue weighted by molar-refractivity contribution is 8.00. The summed E-state index contributed by atoms with van der Waals surface area (Å²) in [7, 11) is 0. The van der Waals surface area contributed by atoms with Crippen molar-refractivity contribution in [2.24, 2.45) is 0 Å². The molecule has 0 bridgehead atoms. The van der Waals surface area contributed by atoms with Gasteiger partial charge in [0.2, 0.25) is 11.1 Å². The van der Waals surface area contributed by atoms with Crippen LogP contribution in [0.2, 0.25) is 0 Å². The van der Waals surface area contributed by atoms with Gasteiger partial charge in [0.25, 0.3) is 5.69 Å². The van der Waals surface area contributed by atoms with E-state index in [1.165, 1.54) is 30.0 Å². The average Bonchev–Trinajstić information content (AvgIpc) is 3.15. The van der Waals surface area contributed by atoms with E-state index >= 15 is 0 Å². The van der Waals surface area contributed by atoms with Crippen molar-refractivity contribution in [3.8, 4) is 5.69 Å². The molecule has 0 spiro atoms. The van der Waals surface area contributed by atoms with Gasteiger partial charge in [-0.3, -0.25) is 14.9 Å². The first-order valence-electron chi connectivity index (χ1n) is 8.14. The van der Waals surface area contributed by atoms with Crippen LogP contribution in [0.4, 0.5) is 11.4 Å². The Bertz CT molecular complexity index is 947. The Hall–Kier alpha value is -3.27. The van der Waals surface area contributed by atoms with Crippen LogP contribution in [0.5, 0.6) is 0 Å². The molecule has 1 amide bonds. The molecular formula is C17H16N6O3S. The van der Waals surface area contributed by atoms with Crippen LogP contribution in [-0.2, 0) is 4.79 Å². The molecule has 0 saturated heterocycles. The molecule has 2 aromatic carbocycles. The fourth-order valence-electron chi connectivity index (χ4n) is 2.35. The highest BCUT2D eigenvalue weighted by Crippen LogP contribution is 2.26. The van der Waals surface area contributed by atoms with E-state index in [2.05, 4.69) is 20.8 Å². The lowest BCUT2D eigenvalue weighted by Gasteiger charge is -2.14. The number of nitrogens with one attached hydrogen (secondary N) is 1. The molecule has 1 heterocycles. The van der Waals surface area contributed by atoms with Gasteiger partial charge in [-0.1, -0.05) is 43.0 Å². The van der Waals surface area contributed by atoms with Gasteiger partial charge in [0.05, 0.1) is 15.9 Å². The van der Waals surface area contributed by atoms with Gasteiger partial charge in [-0.15, -0.1) is 5.10 Å². The molecule has 0 aliphatic rings. The van der Waals surface area contributed by atoms with Gasteiger partial charge in [-0.05, 0) is 35.0 Å². The van der Waals surface area contributed by atoms with Crippen LogP contribution in [0.1, 0.15) is 13.3 Å². The summed E-state index contributed by atoms with van der Waals surface area (Å²) in [5.74, 6) is -0.273. The van der Waals surface area contributed by atoms with E-state index in [0.717, 1.165) is 5.69 Å². The SMILES string of the molecule is CC[C@@H](Sc1nnnn1-c1ccccc1)C(=O)Nc1cccc([N+](=O)[O-])c1. The first-order chi connectivity index (χ1) is 13.1. The number of hydrogen-bond donors (Lipinski definition) is 1. The Labute approximate surface area is 158 Å². The van der Waals surface area contributed by atoms with Crippen molar-refractivity contribution < 1.29 is 9.72 Å². The summed E-state index contributed by atoms with van der Waals surface area (Å²) in [5, 5.41) is 25.3. The minimum atomic E-state index is -0.504. The minimum absolute atomic E-state index is 0.0819. The van der Waals surface area contributed by atoms with E-state index in [1.54, 1.807) is 10.7 Å². The molecule has 0 unspecified atom stereocenters. The summed E-state index contributed by atoms with van der Waals surface area (Å²) < 4.78 is 1.56. The lowest BCUT2D eigenvalue weighted by Crippen LogP contribution is -2.25. The number of nitro benzene ring substituents is 1. The van der Waals surface area contributed by atoms with Gasteiger partial charge < -0.3 is 5.32 Å². The number of thioether (sulfide) groups is 1. The number of nitro groups is 1. The zero-order valence-electron chi connectivity index (χ0n) is 14.3. The maximum atomic E-state index is 12.6. The molecular weight excluding hydrogens is 368 g/mol. The van der Waals surface area contributed by atoms with Gasteiger partial charge in [0.15, 0.2) is 0 Å². The van der Waals surface area contributed by atoms with E-state index in [0.29, 0.717) is 17.3 Å². The normalized spacial score (nSPS) is 11.7. The second kappa shape index (κ2) is 8.41. The number of aromatic nitrogens is 4. The third-order valence-corrected chi connectivity index (χ3v) is 4.97. The van der Waals surface area contributed by atoms with E-state index < -0.39 is 10.2 Å². The molecule has 10 heteroatoms. The first-order valence-corrected chi connectivity index (χ1v) is 9.02. The molecule has 1 atom stereocenters. The summed E-state index contributed by atoms with van der Waals surface area (Å²) in [6, 6.07) is 15.2. The van der Waals surface area contributed by atoms with Crippen LogP contribution >= 0.6 is 11.8 Å². The molecule has 0 aliphatic carbocycles. The Morgan fingerprint density at radius 3 is 2.74 bits per heavy atom. The molecule has 0 saturated carbocycles. The van der Waals surface area contributed by atoms with Crippen molar-refractivity contribution in [3.63, 3.8) is 0 Å². The van der Waals surface area contributed by atoms with Crippen molar-refractivity contribution in [2.75, 3.05) is 5.32 Å². The lowest BCUT2D eigenvalue weighted by molar-refractivity contribution is -0.384. The van der Waals surface area contributed by atoms with E-state index in [1.807, 2.05) is 37.3 Å². The lowest BCUT2D eigenvalue weighted by atomic mass is 10.2. The molecule has 1 N–H and O–H groups in total. The van der Waals surface area contributed by atoms with Gasteiger partial charge in [0.1, 0.15) is 0 Å². The third kappa shape index (κ3) is 4.47. The quantitative estimate of drug-likeness (QED) is 0.378. The smallest absolute Gasteiger partial charge is 0.271 e. The summed E-state index contributed by atoms with van der Waals surface area (Å²) in [4.78, 5) is 23.0. The van der Waals surface area contributed by atoms with Gasteiger partial charge >= 0.3 is 0 Å². The number of non-ortho nitro benzene ring substituents is 1. The molecule has 0 fully saturated rings. The summed E-state index contributed by atoms with van der Waals surface area (Å²) in [6.07, 6.45) is 0.535. The summed E-state index contributed by atoms with van der Waals surface area (Å²) >= 11 is 1.24. The second-order valence-electron chi connectivity index (χ2n) is 5.52. The number of para-hydroxylation sites is 1. The fraction of sp³-hybridized carbons (Fsp3) is 0.176. The van der Waals surface area contributed by atoms with Gasteiger partial charge in [-0.25, -0.2) is 0 Å². The largest absolute Gasteiger partial charge is 0.325 e. The Morgan fingerprint density at radius 2 is 2.04 bits per heavy atom. The molecule has 0 radical (unpaired) electrons. The number of anilines is 1. The summed E-state index contributed by atoms with van der Waals surface area (Å²) in [6.45, 7) is 1.88. The molecule has 138 valence electrons. The monoisotopic (exact) mass is 384 g/mol. The number of rotatable bonds is 7. The predicted molar refractivity (Wildman–Crippen MR) is 101 cm³/mol. The standard InChI is InChI=1S/C17H16N6O3S/c1-2-15(16(24)18-12-7-6-10-14(11-12)23(25)26)27-17-19-20-21-22(17)13-8-4-3-5-9-13/h3-11,15H,2H2,1H3,(H,18,24)/t15-/m1/s1. The van der Waals surface area contributed by atoms with E-state index in [-0.39, 0.29) is 11.6 Å². The van der Waals surface area contributed by atoms with Crippen LogP contribution < -0.4 is 5.32 Å². The maximum absolute atomic E-state index is 12.6. The predicted octanol–water partition coefficient (Wildman–Crippen LogP) is 3.08. The van der Waals surface area contributed by atoms with Crippen molar-refractivity contribution >= 4 is 29.0 Å². The maximum Gasteiger partial charge on any atom is 0.271 e. The number of hydrogen-bond acceptors (Lipinski definition) is 7. The number of carbonyl (C=O) groups excluding carboxylic acids is 1. The number of benzene rings is 2. The van der Waals surface area contributed by atoms with Gasteiger partial charge in [-0.2, -0.15) is 4.68 Å². The average molecular weight is 384 g/mol. The van der Waals surface area contributed by atoms with Crippen LogP contribution in [0.15, 0.2) is 59.8 Å². The van der Waals surface area contributed by atoms with Gasteiger partial charge in [0, 0.05) is 17.8 Å². The fourth-order valence-corrected chi connectivity index (χ4v) is 3.27. The topological polar surface area (TPSA) is 116 Å². The third-order valence-electron chi connectivity index (χ3n) is 3.68. The number of amides is 1. The zero-order chi connectivity index (χ0) is 19.2. The van der Waals surface area contributed by atoms with Crippen molar-refractivity contribution in [2.45, 2.75) is 23.8 Å². The molecule has 9 nitrogen and oxygen atoms in total. The van der Waals surface area contributed by atoms with Crippen LogP contribution in [0.25, 0.3) is 5.69 Å². The van der Waals surface area contributed by atoms with Crippen molar-refractivity contribution in [3.05, 3.63) is 64.7 Å². The first kappa shape index (κ1) is 18.5. The number of tetrazole rings is 1. The van der Waals surface area contributed by atoms with Crippen molar-refractivity contribution in [1.82, 2.24) is 20.2 Å². The Balaban J connectivity index is 1.75. The molecule has 1 aromatic heterocycles. The number of carbonyl (C=O) groups is 1. The Morgan fingerprint density at radius 1 is 1.26 bits per heavy atom. The minimum Gasteiger partial charge on any atom is -0.325 e. The van der Waals surface area contributed by atoms with E-state index in [4.69, 9.17) is 0 Å².